The summed E-state index contributed by atoms with van der Waals surface area (Å²) in [6.45, 7) is 0.925. The molecule has 1 atom stereocenters. The average Bonchev–Trinajstić information content (AvgIpc) is 3.50. The van der Waals surface area contributed by atoms with Gasteiger partial charge in [0.05, 0.1) is 39.3 Å². The molecular formula is C26H27N3O6. The first-order chi connectivity index (χ1) is 17.0. The molecule has 0 saturated carbocycles. The number of ether oxygens (including phenoxy) is 3. The number of benzene rings is 2. The van der Waals surface area contributed by atoms with Crippen molar-refractivity contribution < 1.29 is 28.9 Å². The Morgan fingerprint density at radius 1 is 1.00 bits per heavy atom. The summed E-state index contributed by atoms with van der Waals surface area (Å²) in [4.78, 5) is 31.9. The molecule has 2 heterocycles. The van der Waals surface area contributed by atoms with Crippen LogP contribution in [0.1, 0.15) is 23.6 Å². The number of likely N-dealkylation sites (tertiary alicyclic amines) is 1. The molecule has 4 rings (SSSR count). The van der Waals surface area contributed by atoms with Crippen molar-refractivity contribution in [2.24, 2.45) is 0 Å². The lowest BCUT2D eigenvalue weighted by atomic mass is 9.95. The molecule has 3 aromatic rings. The van der Waals surface area contributed by atoms with Gasteiger partial charge in [0.1, 0.15) is 11.5 Å². The second-order valence-corrected chi connectivity index (χ2v) is 7.99. The normalized spacial score (nSPS) is 17.0. The smallest absolute Gasteiger partial charge is 0.295 e. The number of aromatic nitrogens is 2. The van der Waals surface area contributed by atoms with E-state index < -0.39 is 17.7 Å². The molecule has 0 radical (unpaired) electrons. The number of nitrogens with zero attached hydrogens (tertiary/aromatic N) is 3. The van der Waals surface area contributed by atoms with E-state index in [1.54, 1.807) is 55.0 Å². The first-order valence-electron chi connectivity index (χ1n) is 11.1. The molecule has 0 spiro atoms. The number of rotatable bonds is 9. The SMILES string of the molecule is COc1cccc(C(O)=C2C(=O)C(=O)N(CCCn3ccnc3)C2c2ccc(OC)c(OC)c2)c1. The zero-order chi connectivity index (χ0) is 24.9. The van der Waals surface area contributed by atoms with Crippen molar-refractivity contribution in [3.05, 3.63) is 77.9 Å². The highest BCUT2D eigenvalue weighted by atomic mass is 16.5. The number of carbonyl (C=O) groups is 2. The molecule has 9 heteroatoms. The van der Waals surface area contributed by atoms with E-state index in [-0.39, 0.29) is 11.3 Å². The van der Waals surface area contributed by atoms with Crippen LogP contribution in [-0.4, -0.2) is 59.1 Å². The third-order valence-corrected chi connectivity index (χ3v) is 5.98. The lowest BCUT2D eigenvalue weighted by molar-refractivity contribution is -0.139. The molecule has 1 aliphatic rings. The molecule has 2 aromatic carbocycles. The Labute approximate surface area is 203 Å². The predicted octanol–water partition coefficient (Wildman–Crippen LogP) is 3.42. The van der Waals surface area contributed by atoms with E-state index in [4.69, 9.17) is 14.2 Å². The number of amides is 1. The predicted molar refractivity (Wildman–Crippen MR) is 128 cm³/mol. The van der Waals surface area contributed by atoms with Gasteiger partial charge in [-0.1, -0.05) is 18.2 Å². The van der Waals surface area contributed by atoms with Crippen molar-refractivity contribution in [1.29, 1.82) is 0 Å². The van der Waals surface area contributed by atoms with Crippen molar-refractivity contribution in [1.82, 2.24) is 14.5 Å². The Balaban J connectivity index is 1.78. The fourth-order valence-corrected chi connectivity index (χ4v) is 4.25. The van der Waals surface area contributed by atoms with Gasteiger partial charge in [-0.2, -0.15) is 0 Å². The molecule has 1 unspecified atom stereocenters. The van der Waals surface area contributed by atoms with E-state index in [9.17, 15) is 14.7 Å². The summed E-state index contributed by atoms with van der Waals surface area (Å²) in [5.74, 6) is -0.186. The van der Waals surface area contributed by atoms with Gasteiger partial charge in [0.15, 0.2) is 11.5 Å². The van der Waals surface area contributed by atoms with Crippen molar-refractivity contribution in [2.45, 2.75) is 19.0 Å². The van der Waals surface area contributed by atoms with Crippen LogP contribution in [0, 0.1) is 0 Å². The molecule has 1 aromatic heterocycles. The molecule has 182 valence electrons. The van der Waals surface area contributed by atoms with Crippen molar-refractivity contribution in [2.75, 3.05) is 27.9 Å². The number of ketones is 1. The van der Waals surface area contributed by atoms with Crippen LogP contribution in [-0.2, 0) is 16.1 Å². The van der Waals surface area contributed by atoms with Crippen molar-refractivity contribution >= 4 is 17.4 Å². The van der Waals surface area contributed by atoms with Gasteiger partial charge < -0.3 is 28.8 Å². The first kappa shape index (κ1) is 23.9. The third-order valence-electron chi connectivity index (χ3n) is 5.98. The van der Waals surface area contributed by atoms with E-state index in [1.807, 2.05) is 10.8 Å². The van der Waals surface area contributed by atoms with E-state index in [0.717, 1.165) is 0 Å². The first-order valence-corrected chi connectivity index (χ1v) is 11.1. The molecule has 0 bridgehead atoms. The van der Waals surface area contributed by atoms with Crippen LogP contribution in [0.2, 0.25) is 0 Å². The largest absolute Gasteiger partial charge is 0.507 e. The number of carbonyl (C=O) groups excluding carboxylic acids is 2. The van der Waals surface area contributed by atoms with Crippen LogP contribution < -0.4 is 14.2 Å². The Morgan fingerprint density at radius 3 is 2.49 bits per heavy atom. The number of methoxy groups -OCH3 is 3. The van der Waals surface area contributed by atoms with Gasteiger partial charge in [0.2, 0.25) is 0 Å². The van der Waals surface area contributed by atoms with Gasteiger partial charge in [0, 0.05) is 31.0 Å². The van der Waals surface area contributed by atoms with Gasteiger partial charge in [-0.05, 0) is 36.2 Å². The highest BCUT2D eigenvalue weighted by Gasteiger charge is 2.46. The number of hydrogen-bond donors (Lipinski definition) is 1. The van der Waals surface area contributed by atoms with Gasteiger partial charge in [0.25, 0.3) is 11.7 Å². The zero-order valence-corrected chi connectivity index (χ0v) is 19.8. The van der Waals surface area contributed by atoms with Crippen LogP contribution in [0.5, 0.6) is 17.2 Å². The number of aliphatic hydroxyl groups excluding tert-OH is 1. The summed E-state index contributed by atoms with van der Waals surface area (Å²) < 4.78 is 17.9. The summed E-state index contributed by atoms with van der Waals surface area (Å²) >= 11 is 0. The van der Waals surface area contributed by atoms with Crippen LogP contribution in [0.3, 0.4) is 0 Å². The van der Waals surface area contributed by atoms with Gasteiger partial charge in [-0.15, -0.1) is 0 Å². The maximum absolute atomic E-state index is 13.2. The maximum atomic E-state index is 13.2. The van der Waals surface area contributed by atoms with Crippen molar-refractivity contribution in [3.63, 3.8) is 0 Å². The summed E-state index contributed by atoms with van der Waals surface area (Å²) in [6, 6.07) is 11.1. The summed E-state index contributed by atoms with van der Waals surface area (Å²) in [7, 11) is 4.56. The van der Waals surface area contributed by atoms with Crippen LogP contribution >= 0.6 is 0 Å². The molecular weight excluding hydrogens is 450 g/mol. The summed E-state index contributed by atoms with van der Waals surface area (Å²) in [5, 5.41) is 11.2. The quantitative estimate of drug-likeness (QED) is 0.286. The Hall–Kier alpha value is -4.27. The molecule has 9 nitrogen and oxygen atoms in total. The second kappa shape index (κ2) is 10.3. The molecule has 1 saturated heterocycles. The van der Waals surface area contributed by atoms with E-state index >= 15 is 0 Å². The number of aliphatic hydroxyl groups is 1. The highest BCUT2D eigenvalue weighted by molar-refractivity contribution is 6.46. The number of Topliss-reactive ketones (excluding diaryl/α,β-unsaturated/α-hetero) is 1. The van der Waals surface area contributed by atoms with Crippen LogP contribution in [0.15, 0.2) is 66.8 Å². The van der Waals surface area contributed by atoms with Gasteiger partial charge in [-0.3, -0.25) is 9.59 Å². The average molecular weight is 478 g/mol. The van der Waals surface area contributed by atoms with Crippen LogP contribution in [0.25, 0.3) is 5.76 Å². The molecule has 1 amide bonds. The minimum atomic E-state index is -0.802. The number of aryl methyl sites for hydroxylation is 1. The van der Waals surface area contributed by atoms with E-state index in [0.29, 0.717) is 47.9 Å². The third kappa shape index (κ3) is 4.70. The maximum Gasteiger partial charge on any atom is 0.295 e. The second-order valence-electron chi connectivity index (χ2n) is 7.99. The number of imidazole rings is 1. The lowest BCUT2D eigenvalue weighted by Crippen LogP contribution is -2.31. The fourth-order valence-electron chi connectivity index (χ4n) is 4.25. The molecule has 0 aliphatic carbocycles. The summed E-state index contributed by atoms with van der Waals surface area (Å²) in [6.07, 6.45) is 5.81. The monoisotopic (exact) mass is 477 g/mol. The Bertz CT molecular complexity index is 1250. The molecule has 1 N–H and O–H groups in total. The standard InChI is InChI=1S/C26H27N3O6/c1-33-19-7-4-6-18(14-19)24(30)22-23(17-8-9-20(34-2)21(15-17)35-3)29(26(32)25(22)31)12-5-11-28-13-10-27-16-28/h4,6-10,13-16,23,30H,5,11-12H2,1-3H3. The molecule has 1 aliphatic heterocycles. The lowest BCUT2D eigenvalue weighted by Gasteiger charge is -2.26. The minimum Gasteiger partial charge on any atom is -0.507 e. The van der Waals surface area contributed by atoms with Gasteiger partial charge >= 0.3 is 0 Å². The highest BCUT2D eigenvalue weighted by Crippen LogP contribution is 2.42. The Morgan fingerprint density at radius 2 is 1.80 bits per heavy atom. The summed E-state index contributed by atoms with van der Waals surface area (Å²) in [5.41, 5.74) is 1.01. The van der Waals surface area contributed by atoms with E-state index in [1.165, 1.54) is 26.2 Å². The Kier molecular flexibility index (Phi) is 7.05. The minimum absolute atomic E-state index is 0.0121. The van der Waals surface area contributed by atoms with Gasteiger partial charge in [-0.25, -0.2) is 4.98 Å². The molecule has 1 fully saturated rings. The zero-order valence-electron chi connectivity index (χ0n) is 19.8. The topological polar surface area (TPSA) is 103 Å². The van der Waals surface area contributed by atoms with Crippen LogP contribution in [0.4, 0.5) is 0 Å². The van der Waals surface area contributed by atoms with Crippen molar-refractivity contribution in [3.8, 4) is 17.2 Å². The van der Waals surface area contributed by atoms with E-state index in [2.05, 4.69) is 4.98 Å². The fraction of sp³-hybridized carbons (Fsp3) is 0.269. The molecule has 35 heavy (non-hydrogen) atoms. The number of hydrogen-bond acceptors (Lipinski definition) is 7.